The van der Waals surface area contributed by atoms with Crippen LogP contribution in [-0.2, 0) is 10.0 Å². The molecule has 1 aromatic heterocycles. The predicted molar refractivity (Wildman–Crippen MR) is 75.6 cm³/mol. The molecule has 20 heavy (non-hydrogen) atoms. The van der Waals surface area contributed by atoms with Crippen LogP contribution < -0.4 is 0 Å². The smallest absolute Gasteiger partial charge is 0.246 e. The van der Waals surface area contributed by atoms with Crippen LogP contribution in [0.25, 0.3) is 0 Å². The van der Waals surface area contributed by atoms with Gasteiger partial charge in [-0.25, -0.2) is 8.42 Å². The van der Waals surface area contributed by atoms with E-state index < -0.39 is 10.0 Å². The summed E-state index contributed by atoms with van der Waals surface area (Å²) in [6.45, 7) is 2.59. The third-order valence-corrected chi connectivity index (χ3v) is 5.70. The Kier molecular flexibility index (Phi) is 3.35. The molecule has 0 saturated carbocycles. The average molecular weight is 291 g/mol. The number of aromatic amines is 1. The topological polar surface area (TPSA) is 66.1 Å². The van der Waals surface area contributed by atoms with Gasteiger partial charge in [0.15, 0.2) is 0 Å². The van der Waals surface area contributed by atoms with E-state index in [2.05, 4.69) is 10.2 Å². The molecule has 1 saturated heterocycles. The number of nitrogens with one attached hydrogen (secondary N) is 1. The highest BCUT2D eigenvalue weighted by atomic mass is 32.2. The highest BCUT2D eigenvalue weighted by Crippen LogP contribution is 2.37. The Morgan fingerprint density at radius 2 is 2.15 bits per heavy atom. The van der Waals surface area contributed by atoms with Crippen molar-refractivity contribution in [3.05, 3.63) is 47.8 Å². The molecule has 1 aliphatic rings. The predicted octanol–water partition coefficient (Wildman–Crippen LogP) is 2.24. The van der Waals surface area contributed by atoms with Crippen LogP contribution in [0.2, 0.25) is 0 Å². The molecule has 0 radical (unpaired) electrons. The van der Waals surface area contributed by atoms with Crippen molar-refractivity contribution in [2.24, 2.45) is 0 Å². The van der Waals surface area contributed by atoms with Gasteiger partial charge < -0.3 is 0 Å². The van der Waals surface area contributed by atoms with Gasteiger partial charge in [0.2, 0.25) is 10.0 Å². The molecule has 0 bridgehead atoms. The molecule has 2 aromatic rings. The Balaban J connectivity index is 2.00. The lowest BCUT2D eigenvalue weighted by Gasteiger charge is -2.25. The van der Waals surface area contributed by atoms with E-state index in [0.717, 1.165) is 24.0 Å². The molecule has 106 valence electrons. The zero-order chi connectivity index (χ0) is 14.2. The minimum Gasteiger partial charge on any atom is -0.284 e. The first-order valence-corrected chi connectivity index (χ1v) is 8.11. The van der Waals surface area contributed by atoms with E-state index in [0.29, 0.717) is 6.54 Å². The molecule has 5 nitrogen and oxygen atoms in total. The number of hydrogen-bond acceptors (Lipinski definition) is 3. The van der Waals surface area contributed by atoms with Crippen molar-refractivity contribution in [1.82, 2.24) is 14.5 Å². The Hall–Kier alpha value is -1.66. The molecular formula is C14H17N3O2S. The molecule has 1 unspecified atom stereocenters. The van der Waals surface area contributed by atoms with Crippen LogP contribution in [0.15, 0.2) is 41.6 Å². The fraction of sp³-hybridized carbons (Fsp3) is 0.357. The zero-order valence-corrected chi connectivity index (χ0v) is 12.1. The summed E-state index contributed by atoms with van der Waals surface area (Å²) >= 11 is 0. The van der Waals surface area contributed by atoms with Crippen LogP contribution >= 0.6 is 0 Å². The van der Waals surface area contributed by atoms with Crippen molar-refractivity contribution >= 4 is 10.0 Å². The van der Waals surface area contributed by atoms with E-state index in [1.54, 1.807) is 4.31 Å². The van der Waals surface area contributed by atoms with Gasteiger partial charge in [-0.05, 0) is 30.9 Å². The number of H-pyrrole nitrogens is 1. The van der Waals surface area contributed by atoms with Gasteiger partial charge in [0.05, 0.1) is 12.2 Å². The van der Waals surface area contributed by atoms with E-state index in [1.165, 1.54) is 12.4 Å². The highest BCUT2D eigenvalue weighted by Gasteiger charge is 2.37. The molecule has 6 heteroatoms. The van der Waals surface area contributed by atoms with Crippen LogP contribution in [-0.4, -0.2) is 29.5 Å². The molecule has 0 spiro atoms. The Labute approximate surface area is 118 Å². The summed E-state index contributed by atoms with van der Waals surface area (Å²) in [7, 11) is -3.47. The minimum absolute atomic E-state index is 0.0731. The van der Waals surface area contributed by atoms with Gasteiger partial charge >= 0.3 is 0 Å². The SMILES string of the molecule is Cc1ccccc1C1CCCN1S(=O)(=O)c1cn[nH]c1. The maximum atomic E-state index is 12.7. The van der Waals surface area contributed by atoms with Gasteiger partial charge in [-0.15, -0.1) is 0 Å². The number of nitrogens with zero attached hydrogens (tertiary/aromatic N) is 2. The standard InChI is InChI=1S/C14H17N3O2S/c1-11-5-2-3-6-13(11)14-7-4-8-17(14)20(18,19)12-9-15-16-10-12/h2-3,5-6,9-10,14H,4,7-8H2,1H3,(H,15,16). The van der Waals surface area contributed by atoms with E-state index in [4.69, 9.17) is 0 Å². The second kappa shape index (κ2) is 5.03. The lowest BCUT2D eigenvalue weighted by molar-refractivity contribution is 0.395. The van der Waals surface area contributed by atoms with Crippen molar-refractivity contribution < 1.29 is 8.42 Å². The Morgan fingerprint density at radius 3 is 2.85 bits per heavy atom. The number of sulfonamides is 1. The van der Waals surface area contributed by atoms with E-state index >= 15 is 0 Å². The molecule has 1 aliphatic heterocycles. The van der Waals surface area contributed by atoms with E-state index in [9.17, 15) is 8.42 Å². The monoisotopic (exact) mass is 291 g/mol. The van der Waals surface area contributed by atoms with Gasteiger partial charge in [0, 0.05) is 12.7 Å². The molecule has 0 aliphatic carbocycles. The third-order valence-electron chi connectivity index (χ3n) is 3.83. The summed E-state index contributed by atoms with van der Waals surface area (Å²) < 4.78 is 26.9. The van der Waals surface area contributed by atoms with Crippen molar-refractivity contribution in [3.63, 3.8) is 0 Å². The van der Waals surface area contributed by atoms with Crippen molar-refractivity contribution in [2.75, 3.05) is 6.54 Å². The van der Waals surface area contributed by atoms with Gasteiger partial charge in [0.1, 0.15) is 4.90 Å². The van der Waals surface area contributed by atoms with Crippen molar-refractivity contribution in [2.45, 2.75) is 30.7 Å². The summed E-state index contributed by atoms with van der Waals surface area (Å²) in [6, 6.07) is 7.90. The molecule has 0 amide bonds. The van der Waals surface area contributed by atoms with Gasteiger partial charge in [-0.2, -0.15) is 9.40 Å². The van der Waals surface area contributed by atoms with Gasteiger partial charge in [-0.1, -0.05) is 24.3 Å². The van der Waals surface area contributed by atoms with Crippen LogP contribution in [0.1, 0.15) is 30.0 Å². The van der Waals surface area contributed by atoms with E-state index in [1.807, 2.05) is 31.2 Å². The van der Waals surface area contributed by atoms with E-state index in [-0.39, 0.29) is 10.9 Å². The average Bonchev–Trinajstić information content (AvgIpc) is 3.11. The lowest BCUT2D eigenvalue weighted by Crippen LogP contribution is -2.30. The van der Waals surface area contributed by atoms with Crippen molar-refractivity contribution in [1.29, 1.82) is 0 Å². The molecule has 1 N–H and O–H groups in total. The van der Waals surface area contributed by atoms with Crippen LogP contribution in [0, 0.1) is 6.92 Å². The molecular weight excluding hydrogens is 274 g/mol. The Morgan fingerprint density at radius 1 is 1.35 bits per heavy atom. The summed E-state index contributed by atoms with van der Waals surface area (Å²) in [4.78, 5) is 0.234. The first-order valence-electron chi connectivity index (χ1n) is 6.67. The fourth-order valence-corrected chi connectivity index (χ4v) is 4.40. The first-order chi connectivity index (χ1) is 9.60. The molecule has 1 aromatic carbocycles. The van der Waals surface area contributed by atoms with Crippen LogP contribution in [0.3, 0.4) is 0 Å². The lowest BCUT2D eigenvalue weighted by atomic mass is 10.0. The number of aryl methyl sites for hydroxylation is 1. The van der Waals surface area contributed by atoms with Crippen LogP contribution in [0.4, 0.5) is 0 Å². The highest BCUT2D eigenvalue weighted by molar-refractivity contribution is 7.89. The number of benzene rings is 1. The van der Waals surface area contributed by atoms with Gasteiger partial charge in [-0.3, -0.25) is 5.10 Å². The maximum Gasteiger partial charge on any atom is 0.246 e. The third kappa shape index (κ3) is 2.14. The quantitative estimate of drug-likeness (QED) is 0.943. The summed E-state index contributed by atoms with van der Waals surface area (Å²) in [5.74, 6) is 0. The number of rotatable bonds is 3. The second-order valence-electron chi connectivity index (χ2n) is 5.06. The molecule has 3 rings (SSSR count). The zero-order valence-electron chi connectivity index (χ0n) is 11.3. The Bertz CT molecular complexity index is 695. The fourth-order valence-electron chi connectivity index (χ4n) is 2.81. The molecule has 1 fully saturated rings. The minimum atomic E-state index is -3.47. The molecule has 2 heterocycles. The first kappa shape index (κ1) is 13.3. The van der Waals surface area contributed by atoms with Crippen molar-refractivity contribution in [3.8, 4) is 0 Å². The summed E-state index contributed by atoms with van der Waals surface area (Å²) in [5.41, 5.74) is 2.23. The maximum absolute atomic E-state index is 12.7. The number of hydrogen-bond donors (Lipinski definition) is 1. The van der Waals surface area contributed by atoms with Gasteiger partial charge in [0.25, 0.3) is 0 Å². The number of aromatic nitrogens is 2. The largest absolute Gasteiger partial charge is 0.284 e. The summed E-state index contributed by atoms with van der Waals surface area (Å²) in [5, 5.41) is 6.31. The normalized spacial score (nSPS) is 20.4. The summed E-state index contributed by atoms with van der Waals surface area (Å²) in [6.07, 6.45) is 4.54. The second-order valence-corrected chi connectivity index (χ2v) is 6.95. The molecule has 1 atom stereocenters. The van der Waals surface area contributed by atoms with Crippen LogP contribution in [0.5, 0.6) is 0 Å².